The summed E-state index contributed by atoms with van der Waals surface area (Å²) >= 11 is 0. The second kappa shape index (κ2) is 5.57. The van der Waals surface area contributed by atoms with Gasteiger partial charge in [-0.25, -0.2) is 0 Å². The van der Waals surface area contributed by atoms with Crippen LogP contribution in [0.25, 0.3) is 0 Å². The molecule has 5 heteroatoms. The number of anilines is 1. The Morgan fingerprint density at radius 3 is 2.53 bits per heavy atom. The highest BCUT2D eigenvalue weighted by Crippen LogP contribution is 2.29. The summed E-state index contributed by atoms with van der Waals surface area (Å²) in [6.07, 6.45) is 4.17. The molecule has 0 heterocycles. The normalized spacial score (nSPS) is 23.1. The molecule has 1 aromatic carbocycles. The summed E-state index contributed by atoms with van der Waals surface area (Å²) in [5.74, 6) is 0. The lowest BCUT2D eigenvalue weighted by atomic mass is 9.90. The van der Waals surface area contributed by atoms with Crippen molar-refractivity contribution in [2.75, 3.05) is 11.9 Å². The molecule has 0 atom stereocenters. The highest BCUT2D eigenvalue weighted by Gasteiger charge is 2.23. The van der Waals surface area contributed by atoms with Crippen LogP contribution in [0.5, 0.6) is 0 Å². The van der Waals surface area contributed by atoms with Crippen molar-refractivity contribution in [1.29, 1.82) is 0 Å². The minimum absolute atomic E-state index is 0.192. The maximum Gasteiger partial charge on any atom is 0.274 e. The zero-order valence-electron chi connectivity index (χ0n) is 11.5. The minimum Gasteiger partial charge on any atom is -0.371 e. The first kappa shape index (κ1) is 13.8. The molecule has 1 saturated carbocycles. The van der Waals surface area contributed by atoms with Crippen molar-refractivity contribution in [2.45, 2.75) is 44.7 Å². The third kappa shape index (κ3) is 3.04. The number of aryl methyl sites for hydroxylation is 1. The molecule has 1 aromatic rings. The third-order valence-electron chi connectivity index (χ3n) is 4.09. The van der Waals surface area contributed by atoms with Crippen molar-refractivity contribution in [3.63, 3.8) is 0 Å². The highest BCUT2D eigenvalue weighted by molar-refractivity contribution is 5.56. The van der Waals surface area contributed by atoms with Gasteiger partial charge in [-0.05, 0) is 38.7 Å². The van der Waals surface area contributed by atoms with E-state index < -0.39 is 0 Å². The van der Waals surface area contributed by atoms with Crippen LogP contribution in [0.2, 0.25) is 0 Å². The largest absolute Gasteiger partial charge is 0.371 e. The molecule has 5 nitrogen and oxygen atoms in total. The summed E-state index contributed by atoms with van der Waals surface area (Å²) in [6.45, 7) is 1.77. The Balaban J connectivity index is 2.17. The summed E-state index contributed by atoms with van der Waals surface area (Å²) < 4.78 is 0. The average Bonchev–Trinajstić information content (AvgIpc) is 2.39. The van der Waals surface area contributed by atoms with Gasteiger partial charge in [-0.3, -0.25) is 10.1 Å². The van der Waals surface area contributed by atoms with Crippen LogP contribution in [-0.4, -0.2) is 24.1 Å². The van der Waals surface area contributed by atoms with Crippen LogP contribution >= 0.6 is 0 Å². The molecule has 1 fully saturated rings. The van der Waals surface area contributed by atoms with E-state index in [4.69, 9.17) is 5.73 Å². The van der Waals surface area contributed by atoms with E-state index in [-0.39, 0.29) is 10.6 Å². The van der Waals surface area contributed by atoms with E-state index in [0.29, 0.717) is 17.6 Å². The van der Waals surface area contributed by atoms with Crippen molar-refractivity contribution in [3.8, 4) is 0 Å². The quantitative estimate of drug-likeness (QED) is 0.672. The van der Waals surface area contributed by atoms with Crippen LogP contribution in [0, 0.1) is 17.0 Å². The lowest BCUT2D eigenvalue weighted by molar-refractivity contribution is -0.385. The molecule has 1 aliphatic rings. The van der Waals surface area contributed by atoms with Crippen LogP contribution < -0.4 is 10.6 Å². The van der Waals surface area contributed by atoms with Gasteiger partial charge in [-0.2, -0.15) is 0 Å². The SMILES string of the molecule is Cc1ccc(N(C)C2CCC(N)CC2)cc1[N+](=O)[O-]. The van der Waals surface area contributed by atoms with Gasteiger partial charge >= 0.3 is 0 Å². The fourth-order valence-corrected chi connectivity index (χ4v) is 2.71. The number of nitrogens with two attached hydrogens (primary N) is 1. The Labute approximate surface area is 113 Å². The molecule has 0 amide bonds. The fourth-order valence-electron chi connectivity index (χ4n) is 2.71. The molecule has 0 bridgehead atoms. The number of hydrogen-bond donors (Lipinski definition) is 1. The molecule has 0 saturated heterocycles. The molecule has 0 aliphatic heterocycles. The van der Waals surface area contributed by atoms with Crippen molar-refractivity contribution in [1.82, 2.24) is 0 Å². The molecule has 19 heavy (non-hydrogen) atoms. The fraction of sp³-hybridized carbons (Fsp3) is 0.571. The van der Waals surface area contributed by atoms with E-state index in [1.165, 1.54) is 0 Å². The van der Waals surface area contributed by atoms with E-state index in [2.05, 4.69) is 4.90 Å². The lowest BCUT2D eigenvalue weighted by Gasteiger charge is -2.35. The number of benzene rings is 1. The molecule has 2 rings (SSSR count). The Hall–Kier alpha value is -1.62. The van der Waals surface area contributed by atoms with Gasteiger partial charge in [-0.1, -0.05) is 6.07 Å². The topological polar surface area (TPSA) is 72.4 Å². The molecule has 104 valence electrons. The highest BCUT2D eigenvalue weighted by atomic mass is 16.6. The van der Waals surface area contributed by atoms with Crippen molar-refractivity contribution in [2.24, 2.45) is 5.73 Å². The van der Waals surface area contributed by atoms with Crippen molar-refractivity contribution in [3.05, 3.63) is 33.9 Å². The smallest absolute Gasteiger partial charge is 0.274 e. The molecule has 0 radical (unpaired) electrons. The minimum atomic E-state index is -0.316. The lowest BCUT2D eigenvalue weighted by Crippen LogP contribution is -2.38. The van der Waals surface area contributed by atoms with Crippen LogP contribution in [0.1, 0.15) is 31.2 Å². The molecule has 1 aliphatic carbocycles. The van der Waals surface area contributed by atoms with E-state index in [1.54, 1.807) is 13.0 Å². The predicted octanol–water partition coefficient (Wildman–Crippen LogP) is 2.61. The predicted molar refractivity (Wildman–Crippen MR) is 76.5 cm³/mol. The summed E-state index contributed by atoms with van der Waals surface area (Å²) in [6, 6.07) is 6.19. The third-order valence-corrected chi connectivity index (χ3v) is 4.09. The number of nitro benzene ring substituents is 1. The van der Waals surface area contributed by atoms with E-state index >= 15 is 0 Å². The summed E-state index contributed by atoms with van der Waals surface area (Å²) in [4.78, 5) is 12.8. The molecule has 2 N–H and O–H groups in total. The van der Waals surface area contributed by atoms with Crippen LogP contribution in [0.3, 0.4) is 0 Å². The van der Waals surface area contributed by atoms with E-state index in [0.717, 1.165) is 31.4 Å². The Morgan fingerprint density at radius 1 is 1.32 bits per heavy atom. The van der Waals surface area contributed by atoms with Gasteiger partial charge in [0.2, 0.25) is 0 Å². The summed E-state index contributed by atoms with van der Waals surface area (Å²) in [7, 11) is 2.01. The van der Waals surface area contributed by atoms with Crippen LogP contribution in [0.15, 0.2) is 18.2 Å². The molecular weight excluding hydrogens is 242 g/mol. The van der Waals surface area contributed by atoms with E-state index in [1.807, 2.05) is 19.2 Å². The Morgan fingerprint density at radius 2 is 1.95 bits per heavy atom. The standard InChI is InChI=1S/C14H21N3O2/c1-10-3-6-13(9-14(10)17(18)19)16(2)12-7-4-11(15)5-8-12/h3,6,9,11-12H,4-5,7-8,15H2,1-2H3. The van der Waals surface area contributed by atoms with Crippen LogP contribution in [-0.2, 0) is 0 Å². The summed E-state index contributed by atoms with van der Waals surface area (Å²) in [5, 5.41) is 11.0. The molecular formula is C14H21N3O2. The Bertz CT molecular complexity index is 468. The average molecular weight is 263 g/mol. The van der Waals surface area contributed by atoms with Gasteiger partial charge in [0.25, 0.3) is 5.69 Å². The summed E-state index contributed by atoms with van der Waals surface area (Å²) in [5.41, 5.74) is 7.72. The molecule has 0 aromatic heterocycles. The second-order valence-electron chi connectivity index (χ2n) is 5.41. The van der Waals surface area contributed by atoms with Crippen molar-refractivity contribution >= 4 is 11.4 Å². The maximum absolute atomic E-state index is 11.0. The number of nitrogens with zero attached hydrogens (tertiary/aromatic N) is 2. The van der Waals surface area contributed by atoms with Crippen LogP contribution in [0.4, 0.5) is 11.4 Å². The zero-order valence-corrected chi connectivity index (χ0v) is 11.5. The molecule has 0 unspecified atom stereocenters. The second-order valence-corrected chi connectivity index (χ2v) is 5.41. The maximum atomic E-state index is 11.0. The first-order valence-electron chi connectivity index (χ1n) is 6.72. The monoisotopic (exact) mass is 263 g/mol. The first-order chi connectivity index (χ1) is 8.99. The zero-order chi connectivity index (χ0) is 14.0. The van der Waals surface area contributed by atoms with E-state index in [9.17, 15) is 10.1 Å². The number of hydrogen-bond acceptors (Lipinski definition) is 4. The van der Waals surface area contributed by atoms with Gasteiger partial charge in [0.15, 0.2) is 0 Å². The first-order valence-corrected chi connectivity index (χ1v) is 6.72. The van der Waals surface area contributed by atoms with Gasteiger partial charge in [0, 0.05) is 36.4 Å². The van der Waals surface area contributed by atoms with Gasteiger partial charge in [0.05, 0.1) is 4.92 Å². The molecule has 0 spiro atoms. The Kier molecular flexibility index (Phi) is 4.04. The number of rotatable bonds is 3. The van der Waals surface area contributed by atoms with Gasteiger partial charge in [-0.15, -0.1) is 0 Å². The van der Waals surface area contributed by atoms with Gasteiger partial charge in [0.1, 0.15) is 0 Å². The van der Waals surface area contributed by atoms with Gasteiger partial charge < -0.3 is 10.6 Å². The number of nitro groups is 1. The van der Waals surface area contributed by atoms with Crippen molar-refractivity contribution < 1.29 is 4.92 Å².